The number of rotatable bonds is 6. The predicted octanol–water partition coefficient (Wildman–Crippen LogP) is 5.24. The molecule has 0 unspecified atom stereocenters. The molecule has 0 heterocycles. The molecule has 148 valence electrons. The Balaban J connectivity index is 1.52. The second kappa shape index (κ2) is 8.95. The highest BCUT2D eigenvalue weighted by atomic mass is 16.5. The number of amides is 1. The van der Waals surface area contributed by atoms with Crippen LogP contribution in [0.25, 0.3) is 0 Å². The van der Waals surface area contributed by atoms with Crippen LogP contribution in [0, 0.1) is 0 Å². The van der Waals surface area contributed by atoms with E-state index in [4.69, 9.17) is 4.74 Å². The smallest absolute Gasteiger partial charge is 0.261 e. The van der Waals surface area contributed by atoms with Crippen LogP contribution in [0.3, 0.4) is 0 Å². The molecule has 29 heavy (non-hydrogen) atoms. The van der Waals surface area contributed by atoms with Gasteiger partial charge in [0.1, 0.15) is 5.75 Å². The van der Waals surface area contributed by atoms with Crippen LogP contribution >= 0.6 is 0 Å². The third kappa shape index (κ3) is 4.51. The number of aryl methyl sites for hydroxylation is 1. The van der Waals surface area contributed by atoms with E-state index in [1.54, 1.807) is 0 Å². The summed E-state index contributed by atoms with van der Waals surface area (Å²) in [5.74, 6) is 0.733. The maximum atomic E-state index is 13.0. The van der Waals surface area contributed by atoms with Gasteiger partial charge in [-0.3, -0.25) is 4.79 Å². The lowest BCUT2D eigenvalue weighted by molar-refractivity contribution is -0.127. The highest BCUT2D eigenvalue weighted by Gasteiger charge is 2.23. The second-order valence-corrected chi connectivity index (χ2v) is 7.62. The highest BCUT2D eigenvalue weighted by molar-refractivity contribution is 5.81. The largest absolute Gasteiger partial charge is 0.481 e. The van der Waals surface area contributed by atoms with Gasteiger partial charge >= 0.3 is 0 Å². The minimum Gasteiger partial charge on any atom is -0.481 e. The first kappa shape index (κ1) is 19.3. The molecule has 1 N–H and O–H groups in total. The van der Waals surface area contributed by atoms with Gasteiger partial charge < -0.3 is 10.1 Å². The van der Waals surface area contributed by atoms with Gasteiger partial charge in [0.25, 0.3) is 5.91 Å². The molecular formula is C26H27NO2. The van der Waals surface area contributed by atoms with Crippen molar-refractivity contribution in [2.45, 2.75) is 44.8 Å². The number of hydrogen-bond donors (Lipinski definition) is 1. The number of benzene rings is 3. The Morgan fingerprint density at radius 2 is 1.45 bits per heavy atom. The monoisotopic (exact) mass is 385 g/mol. The average Bonchev–Trinajstić information content (AvgIpc) is 2.78. The third-order valence-electron chi connectivity index (χ3n) is 5.58. The zero-order chi connectivity index (χ0) is 20.1. The van der Waals surface area contributed by atoms with Crippen molar-refractivity contribution >= 4 is 5.91 Å². The zero-order valence-corrected chi connectivity index (χ0v) is 16.8. The van der Waals surface area contributed by atoms with E-state index >= 15 is 0 Å². The number of nitrogens with one attached hydrogen (secondary N) is 1. The van der Waals surface area contributed by atoms with Crippen molar-refractivity contribution in [3.63, 3.8) is 0 Å². The van der Waals surface area contributed by atoms with E-state index in [1.807, 2.05) is 79.7 Å². The first-order valence-electron chi connectivity index (χ1n) is 10.4. The van der Waals surface area contributed by atoms with E-state index in [1.165, 1.54) is 24.0 Å². The first-order valence-corrected chi connectivity index (χ1v) is 10.4. The fourth-order valence-corrected chi connectivity index (χ4v) is 4.01. The van der Waals surface area contributed by atoms with Crippen LogP contribution < -0.4 is 10.1 Å². The van der Waals surface area contributed by atoms with E-state index in [-0.39, 0.29) is 11.9 Å². The van der Waals surface area contributed by atoms with Gasteiger partial charge in [-0.25, -0.2) is 0 Å². The van der Waals surface area contributed by atoms with E-state index in [2.05, 4.69) is 11.4 Å². The van der Waals surface area contributed by atoms with Crippen molar-refractivity contribution in [3.8, 4) is 5.75 Å². The molecule has 0 radical (unpaired) electrons. The average molecular weight is 386 g/mol. The number of ether oxygens (including phenoxy) is 1. The summed E-state index contributed by atoms with van der Waals surface area (Å²) >= 11 is 0. The molecule has 3 nitrogen and oxygen atoms in total. The Kier molecular flexibility index (Phi) is 5.95. The Labute approximate surface area is 172 Å². The summed E-state index contributed by atoms with van der Waals surface area (Å²) in [5, 5.41) is 3.19. The van der Waals surface area contributed by atoms with Crippen molar-refractivity contribution in [2.24, 2.45) is 0 Å². The molecule has 0 saturated carbocycles. The van der Waals surface area contributed by atoms with Gasteiger partial charge in [-0.05, 0) is 60.9 Å². The Hall–Kier alpha value is -3.07. The molecule has 3 aromatic rings. The summed E-state index contributed by atoms with van der Waals surface area (Å²) < 4.78 is 6.14. The normalized spacial score (nSPS) is 14.1. The molecule has 1 aliphatic rings. The molecule has 0 aromatic heterocycles. The summed E-state index contributed by atoms with van der Waals surface area (Å²) in [7, 11) is 0. The van der Waals surface area contributed by atoms with Crippen LogP contribution in [0.5, 0.6) is 5.75 Å². The first-order chi connectivity index (χ1) is 14.2. The van der Waals surface area contributed by atoms with Gasteiger partial charge in [-0.15, -0.1) is 0 Å². The predicted molar refractivity (Wildman–Crippen MR) is 116 cm³/mol. The third-order valence-corrected chi connectivity index (χ3v) is 5.58. The number of carbonyl (C=O) groups excluding carboxylic acids is 1. The number of carbonyl (C=O) groups is 1. The lowest BCUT2D eigenvalue weighted by Crippen LogP contribution is -2.39. The molecule has 4 rings (SSSR count). The van der Waals surface area contributed by atoms with Crippen molar-refractivity contribution in [2.75, 3.05) is 0 Å². The fraction of sp³-hybridized carbons (Fsp3) is 0.269. The topological polar surface area (TPSA) is 38.3 Å². The van der Waals surface area contributed by atoms with Gasteiger partial charge in [0, 0.05) is 0 Å². The van der Waals surface area contributed by atoms with Gasteiger partial charge in [0.05, 0.1) is 6.04 Å². The van der Waals surface area contributed by atoms with E-state index < -0.39 is 6.10 Å². The van der Waals surface area contributed by atoms with Gasteiger partial charge in [0.2, 0.25) is 0 Å². The maximum absolute atomic E-state index is 13.0. The van der Waals surface area contributed by atoms with Crippen molar-refractivity contribution in [1.29, 1.82) is 0 Å². The molecule has 1 aliphatic carbocycles. The second-order valence-electron chi connectivity index (χ2n) is 7.62. The van der Waals surface area contributed by atoms with Gasteiger partial charge in [-0.2, -0.15) is 0 Å². The molecule has 0 spiro atoms. The quantitative estimate of drug-likeness (QED) is 0.630. The van der Waals surface area contributed by atoms with Crippen LogP contribution in [-0.4, -0.2) is 12.0 Å². The van der Waals surface area contributed by atoms with Gasteiger partial charge in [0.15, 0.2) is 6.10 Å². The van der Waals surface area contributed by atoms with E-state index in [0.29, 0.717) is 0 Å². The lowest BCUT2D eigenvalue weighted by atomic mass is 9.91. The fourth-order valence-electron chi connectivity index (χ4n) is 4.01. The Bertz CT molecular complexity index is 913. The van der Waals surface area contributed by atoms with Crippen LogP contribution in [0.2, 0.25) is 0 Å². The molecule has 0 saturated heterocycles. The van der Waals surface area contributed by atoms with Crippen molar-refractivity contribution in [3.05, 3.63) is 101 Å². The van der Waals surface area contributed by atoms with Crippen LogP contribution in [-0.2, 0) is 17.6 Å². The minimum absolute atomic E-state index is 0.115. The minimum atomic E-state index is -0.571. The van der Waals surface area contributed by atoms with Crippen molar-refractivity contribution in [1.82, 2.24) is 5.32 Å². The Morgan fingerprint density at radius 1 is 0.828 bits per heavy atom. The molecule has 0 fully saturated rings. The molecule has 3 heteroatoms. The summed E-state index contributed by atoms with van der Waals surface area (Å²) in [6, 6.07) is 26.1. The molecule has 1 amide bonds. The molecular weight excluding hydrogens is 358 g/mol. The zero-order valence-electron chi connectivity index (χ0n) is 16.8. The van der Waals surface area contributed by atoms with Gasteiger partial charge in [-0.1, -0.05) is 72.8 Å². The highest BCUT2D eigenvalue weighted by Crippen LogP contribution is 2.30. The number of hydrogen-bond acceptors (Lipinski definition) is 2. The van der Waals surface area contributed by atoms with Crippen molar-refractivity contribution < 1.29 is 9.53 Å². The summed E-state index contributed by atoms with van der Waals surface area (Å²) in [6.07, 6.45) is 3.95. The molecule has 3 aromatic carbocycles. The molecule has 0 bridgehead atoms. The van der Waals surface area contributed by atoms with Crippen LogP contribution in [0.1, 0.15) is 48.1 Å². The SMILES string of the molecule is C[C@H](Oc1cccc2c1CCCC2)C(=O)NC(c1ccccc1)c1ccccc1. The summed E-state index contributed by atoms with van der Waals surface area (Å²) in [6.45, 7) is 1.82. The molecule has 0 aliphatic heterocycles. The van der Waals surface area contributed by atoms with E-state index in [0.717, 1.165) is 29.7 Å². The Morgan fingerprint density at radius 3 is 2.10 bits per heavy atom. The van der Waals surface area contributed by atoms with E-state index in [9.17, 15) is 4.79 Å². The van der Waals surface area contributed by atoms with Crippen LogP contribution in [0.15, 0.2) is 78.9 Å². The molecule has 1 atom stereocenters. The standard InChI is InChI=1S/C26H27NO2/c1-19(29-24-18-10-16-20-11-8-9-17-23(20)24)26(28)27-25(21-12-4-2-5-13-21)22-14-6-3-7-15-22/h2-7,10,12-16,18-19,25H,8-9,11,17H2,1H3,(H,27,28)/t19-/m0/s1. The number of fused-ring (bicyclic) bond motifs is 1. The summed E-state index contributed by atoms with van der Waals surface area (Å²) in [4.78, 5) is 13.0. The maximum Gasteiger partial charge on any atom is 0.261 e. The summed E-state index contributed by atoms with van der Waals surface area (Å²) in [5.41, 5.74) is 4.72. The van der Waals surface area contributed by atoms with Crippen LogP contribution in [0.4, 0.5) is 0 Å². The lowest BCUT2D eigenvalue weighted by Gasteiger charge is -2.24.